The summed E-state index contributed by atoms with van der Waals surface area (Å²) in [6.45, 7) is 4.10. The van der Waals surface area contributed by atoms with Gasteiger partial charge in [0, 0.05) is 16.5 Å². The van der Waals surface area contributed by atoms with Gasteiger partial charge in [-0.25, -0.2) is 4.98 Å². The normalized spacial score (nSPS) is 11.1. The van der Waals surface area contributed by atoms with Gasteiger partial charge in [0.15, 0.2) is 0 Å². The number of nitrogens with one attached hydrogen (secondary N) is 1. The first-order valence-electron chi connectivity index (χ1n) is 9.85. The first kappa shape index (κ1) is 18.5. The van der Waals surface area contributed by atoms with Crippen LogP contribution in [-0.2, 0) is 0 Å². The Hall–Kier alpha value is -3.50. The third-order valence-electron chi connectivity index (χ3n) is 5.30. The summed E-state index contributed by atoms with van der Waals surface area (Å²) in [5, 5.41) is 8.17. The van der Waals surface area contributed by atoms with Crippen molar-refractivity contribution in [1.82, 2.24) is 4.98 Å². The predicted molar refractivity (Wildman–Crippen MR) is 126 cm³/mol. The van der Waals surface area contributed by atoms with Crippen LogP contribution in [0.1, 0.15) is 21.5 Å². The molecule has 0 bridgehead atoms. The molecule has 4 heteroatoms. The van der Waals surface area contributed by atoms with E-state index in [4.69, 9.17) is 4.98 Å². The fraction of sp³-hybridized carbons (Fsp3) is 0.0769. The number of nitrogens with zero attached hydrogens (tertiary/aromatic N) is 1. The van der Waals surface area contributed by atoms with E-state index in [2.05, 4.69) is 23.5 Å². The number of aromatic nitrogens is 1. The van der Waals surface area contributed by atoms with Crippen LogP contribution in [0.2, 0.25) is 0 Å². The van der Waals surface area contributed by atoms with Crippen molar-refractivity contribution < 1.29 is 4.79 Å². The van der Waals surface area contributed by atoms with Crippen LogP contribution in [0.4, 0.5) is 5.69 Å². The summed E-state index contributed by atoms with van der Waals surface area (Å²) in [7, 11) is 0. The second-order valence-electron chi connectivity index (χ2n) is 7.49. The lowest BCUT2D eigenvalue weighted by atomic mass is 10.0. The second-order valence-corrected chi connectivity index (χ2v) is 8.44. The molecule has 5 rings (SSSR count). The van der Waals surface area contributed by atoms with Crippen molar-refractivity contribution >= 4 is 44.6 Å². The van der Waals surface area contributed by atoms with Gasteiger partial charge in [-0.2, -0.15) is 0 Å². The molecule has 0 radical (unpaired) electrons. The molecule has 0 aliphatic rings. The molecule has 0 saturated heterocycles. The Morgan fingerprint density at radius 3 is 2.57 bits per heavy atom. The second kappa shape index (κ2) is 7.39. The number of rotatable bonds is 3. The minimum atomic E-state index is -0.124. The third-order valence-corrected chi connectivity index (χ3v) is 6.20. The summed E-state index contributed by atoms with van der Waals surface area (Å²) < 4.78 is 0. The first-order chi connectivity index (χ1) is 14.6. The monoisotopic (exact) mass is 408 g/mol. The van der Waals surface area contributed by atoms with Gasteiger partial charge >= 0.3 is 0 Å². The minimum absolute atomic E-state index is 0.124. The van der Waals surface area contributed by atoms with Gasteiger partial charge in [0.05, 0.1) is 21.7 Å². The largest absolute Gasteiger partial charge is 0.321 e. The summed E-state index contributed by atoms with van der Waals surface area (Å²) in [6.07, 6.45) is 0. The van der Waals surface area contributed by atoms with Crippen molar-refractivity contribution in [3.63, 3.8) is 0 Å². The molecule has 0 aliphatic carbocycles. The predicted octanol–water partition coefficient (Wildman–Crippen LogP) is 6.99. The Morgan fingerprint density at radius 1 is 0.900 bits per heavy atom. The van der Waals surface area contributed by atoms with Crippen LogP contribution in [0.15, 0.2) is 78.2 Å². The molecular weight excluding hydrogens is 388 g/mol. The van der Waals surface area contributed by atoms with E-state index in [9.17, 15) is 4.79 Å². The fourth-order valence-corrected chi connectivity index (χ4v) is 4.63. The number of thiophene rings is 1. The summed E-state index contributed by atoms with van der Waals surface area (Å²) in [5.41, 5.74) is 5.34. The van der Waals surface area contributed by atoms with E-state index in [1.165, 1.54) is 0 Å². The molecule has 146 valence electrons. The van der Waals surface area contributed by atoms with Gasteiger partial charge in [0.2, 0.25) is 0 Å². The number of hydrogen-bond donors (Lipinski definition) is 1. The quantitative estimate of drug-likeness (QED) is 0.350. The van der Waals surface area contributed by atoms with E-state index in [-0.39, 0.29) is 5.91 Å². The van der Waals surface area contributed by atoms with Crippen molar-refractivity contribution in [3.05, 3.63) is 94.9 Å². The molecule has 3 nitrogen and oxygen atoms in total. The standard InChI is InChI=1S/C26H20N2OS/c1-16-13-17(2)25-20(14-16)21(15-23(27-25)24-11-6-12-30-24)26(29)28-22-10-5-8-18-7-3-4-9-19(18)22/h3-15H,1-2H3,(H,28,29). The van der Waals surface area contributed by atoms with E-state index in [1.807, 2.05) is 73.8 Å². The number of fused-ring (bicyclic) bond motifs is 2. The SMILES string of the molecule is Cc1cc(C)c2nc(-c3cccs3)cc(C(=O)Nc3cccc4ccccc34)c2c1. The van der Waals surface area contributed by atoms with Gasteiger partial charge < -0.3 is 5.32 Å². The Labute approximate surface area is 179 Å². The number of carbonyl (C=O) groups is 1. The molecular formula is C26H20N2OS. The Bertz CT molecular complexity index is 1400. The van der Waals surface area contributed by atoms with Crippen LogP contribution < -0.4 is 5.32 Å². The lowest BCUT2D eigenvalue weighted by molar-refractivity contribution is 0.102. The summed E-state index contributed by atoms with van der Waals surface area (Å²) in [5.74, 6) is -0.124. The number of benzene rings is 3. The van der Waals surface area contributed by atoms with Gasteiger partial charge in [-0.05, 0) is 54.4 Å². The molecule has 3 aromatic carbocycles. The van der Waals surface area contributed by atoms with Crippen LogP contribution in [-0.4, -0.2) is 10.9 Å². The van der Waals surface area contributed by atoms with Gasteiger partial charge in [-0.1, -0.05) is 54.1 Å². The maximum absolute atomic E-state index is 13.5. The molecule has 0 saturated carbocycles. The van der Waals surface area contributed by atoms with E-state index in [0.717, 1.165) is 49.1 Å². The van der Waals surface area contributed by atoms with Gasteiger partial charge in [0.25, 0.3) is 5.91 Å². The third kappa shape index (κ3) is 3.25. The summed E-state index contributed by atoms with van der Waals surface area (Å²) in [4.78, 5) is 19.4. The van der Waals surface area contributed by atoms with Gasteiger partial charge in [-0.15, -0.1) is 11.3 Å². The molecule has 30 heavy (non-hydrogen) atoms. The highest BCUT2D eigenvalue weighted by molar-refractivity contribution is 7.13. The molecule has 0 atom stereocenters. The lowest BCUT2D eigenvalue weighted by Gasteiger charge is -2.13. The molecule has 1 N–H and O–H groups in total. The Morgan fingerprint density at radius 2 is 1.73 bits per heavy atom. The number of aryl methyl sites for hydroxylation is 2. The van der Waals surface area contributed by atoms with Gasteiger partial charge in [0.1, 0.15) is 0 Å². The zero-order chi connectivity index (χ0) is 20.7. The minimum Gasteiger partial charge on any atom is -0.321 e. The van der Waals surface area contributed by atoms with Crippen molar-refractivity contribution in [3.8, 4) is 10.6 Å². The fourth-order valence-electron chi connectivity index (χ4n) is 3.94. The maximum atomic E-state index is 13.5. The average molecular weight is 409 g/mol. The van der Waals surface area contributed by atoms with Gasteiger partial charge in [-0.3, -0.25) is 4.79 Å². The summed E-state index contributed by atoms with van der Waals surface area (Å²) >= 11 is 1.63. The lowest BCUT2D eigenvalue weighted by Crippen LogP contribution is -2.13. The number of anilines is 1. The maximum Gasteiger partial charge on any atom is 0.256 e. The van der Waals surface area contributed by atoms with E-state index >= 15 is 0 Å². The zero-order valence-electron chi connectivity index (χ0n) is 16.8. The molecule has 1 amide bonds. The van der Waals surface area contributed by atoms with Crippen molar-refractivity contribution in [2.45, 2.75) is 13.8 Å². The number of pyridine rings is 1. The highest BCUT2D eigenvalue weighted by Crippen LogP contribution is 2.31. The van der Waals surface area contributed by atoms with E-state index in [1.54, 1.807) is 11.3 Å². The molecule has 5 aromatic rings. The molecule has 0 spiro atoms. The topological polar surface area (TPSA) is 42.0 Å². The highest BCUT2D eigenvalue weighted by Gasteiger charge is 2.17. The van der Waals surface area contributed by atoms with Crippen molar-refractivity contribution in [2.24, 2.45) is 0 Å². The molecule has 0 unspecified atom stereocenters. The molecule has 0 fully saturated rings. The van der Waals surface area contributed by atoms with Crippen LogP contribution in [0.25, 0.3) is 32.2 Å². The zero-order valence-corrected chi connectivity index (χ0v) is 17.6. The van der Waals surface area contributed by atoms with Crippen molar-refractivity contribution in [2.75, 3.05) is 5.32 Å². The number of amides is 1. The van der Waals surface area contributed by atoms with Crippen molar-refractivity contribution in [1.29, 1.82) is 0 Å². The Balaban J connectivity index is 1.67. The number of hydrogen-bond acceptors (Lipinski definition) is 3. The Kier molecular flexibility index (Phi) is 4.57. The molecule has 0 aliphatic heterocycles. The highest BCUT2D eigenvalue weighted by atomic mass is 32.1. The van der Waals surface area contributed by atoms with Crippen LogP contribution in [0, 0.1) is 13.8 Å². The summed E-state index contributed by atoms with van der Waals surface area (Å²) in [6, 6.07) is 24.1. The average Bonchev–Trinajstić information content (AvgIpc) is 3.28. The van der Waals surface area contributed by atoms with E-state index in [0.29, 0.717) is 5.56 Å². The van der Waals surface area contributed by atoms with Crippen LogP contribution in [0.3, 0.4) is 0 Å². The number of carbonyl (C=O) groups excluding carboxylic acids is 1. The smallest absolute Gasteiger partial charge is 0.256 e. The van der Waals surface area contributed by atoms with Crippen LogP contribution >= 0.6 is 11.3 Å². The first-order valence-corrected chi connectivity index (χ1v) is 10.7. The molecule has 2 aromatic heterocycles. The molecule has 2 heterocycles. The van der Waals surface area contributed by atoms with Crippen LogP contribution in [0.5, 0.6) is 0 Å². The van der Waals surface area contributed by atoms with E-state index < -0.39 is 0 Å².